The smallest absolute Gasteiger partial charge is 0.227 e. The number of aromatic nitrogens is 1. The number of ether oxygens (including phenoxy) is 1. The number of carbonyl (C=O) groups is 1. The molecular formula is C15H16NO2+. The highest BCUT2D eigenvalue weighted by Gasteiger charge is 2.14. The van der Waals surface area contributed by atoms with Crippen LogP contribution in [-0.4, -0.2) is 12.9 Å². The van der Waals surface area contributed by atoms with Gasteiger partial charge in [0.1, 0.15) is 5.75 Å². The van der Waals surface area contributed by atoms with Gasteiger partial charge in [0.05, 0.1) is 7.11 Å². The molecule has 0 spiro atoms. The molecule has 92 valence electrons. The second-order valence-electron chi connectivity index (χ2n) is 4.13. The molecule has 2 rings (SSSR count). The van der Waals surface area contributed by atoms with E-state index in [1.807, 2.05) is 54.1 Å². The van der Waals surface area contributed by atoms with Crippen LogP contribution in [0.4, 0.5) is 0 Å². The Hall–Kier alpha value is -2.16. The molecule has 0 fully saturated rings. The molecule has 3 heteroatoms. The third-order valence-electron chi connectivity index (χ3n) is 2.87. The molecule has 0 aliphatic rings. The molecule has 0 unspecified atom stereocenters. The molecule has 1 aromatic carbocycles. The summed E-state index contributed by atoms with van der Waals surface area (Å²) >= 11 is 0. The summed E-state index contributed by atoms with van der Waals surface area (Å²) in [5, 5.41) is 0. The highest BCUT2D eigenvalue weighted by atomic mass is 16.5. The topological polar surface area (TPSA) is 30.2 Å². The van der Waals surface area contributed by atoms with Crippen LogP contribution < -0.4 is 9.30 Å². The van der Waals surface area contributed by atoms with E-state index in [2.05, 4.69) is 0 Å². The summed E-state index contributed by atoms with van der Waals surface area (Å²) in [5.74, 6) is 0.781. The number of benzene rings is 1. The first-order chi connectivity index (χ1) is 8.70. The maximum absolute atomic E-state index is 12.2. The molecule has 0 amide bonds. The van der Waals surface area contributed by atoms with Gasteiger partial charge in [-0.15, -0.1) is 0 Å². The third-order valence-corrected chi connectivity index (χ3v) is 2.87. The molecule has 1 heterocycles. The predicted molar refractivity (Wildman–Crippen MR) is 68.7 cm³/mol. The number of Topliss-reactive ketones (excluding diaryl/α,β-unsaturated/α-hetero) is 1. The van der Waals surface area contributed by atoms with Gasteiger partial charge in [0.15, 0.2) is 11.9 Å². The number of aryl methyl sites for hydroxylation is 1. The Morgan fingerprint density at radius 1 is 1.22 bits per heavy atom. The fourth-order valence-corrected chi connectivity index (χ4v) is 1.78. The zero-order chi connectivity index (χ0) is 13.0. The number of rotatable bonds is 4. The number of nitrogens with zero attached hydrogens (tertiary/aromatic N) is 1. The minimum atomic E-state index is 0.0770. The molecule has 3 nitrogen and oxygen atoms in total. The third kappa shape index (κ3) is 2.74. The van der Waals surface area contributed by atoms with Crippen LogP contribution >= 0.6 is 0 Å². The number of hydrogen-bond donors (Lipinski definition) is 0. The van der Waals surface area contributed by atoms with Crippen molar-refractivity contribution in [1.82, 2.24) is 0 Å². The van der Waals surface area contributed by atoms with Gasteiger partial charge in [-0.05, 0) is 12.1 Å². The van der Waals surface area contributed by atoms with E-state index in [1.165, 1.54) is 0 Å². The van der Waals surface area contributed by atoms with Crippen LogP contribution in [0.25, 0.3) is 0 Å². The summed E-state index contributed by atoms with van der Waals surface area (Å²) in [7, 11) is 1.60. The molecule has 0 bridgehead atoms. The maximum Gasteiger partial charge on any atom is 0.227 e. The van der Waals surface area contributed by atoms with Gasteiger partial charge in [0.2, 0.25) is 12.3 Å². The molecule has 0 saturated carbocycles. The lowest BCUT2D eigenvalue weighted by molar-refractivity contribution is -0.689. The van der Waals surface area contributed by atoms with Gasteiger partial charge >= 0.3 is 0 Å². The first kappa shape index (κ1) is 12.3. The van der Waals surface area contributed by atoms with Gasteiger partial charge in [-0.1, -0.05) is 18.2 Å². The molecule has 0 radical (unpaired) electrons. The summed E-state index contributed by atoms with van der Waals surface area (Å²) in [6.07, 6.45) is 1.91. The van der Waals surface area contributed by atoms with Gasteiger partial charge in [-0.3, -0.25) is 4.79 Å². The van der Waals surface area contributed by atoms with E-state index in [4.69, 9.17) is 4.74 Å². The van der Waals surface area contributed by atoms with Crippen molar-refractivity contribution in [3.8, 4) is 5.75 Å². The van der Waals surface area contributed by atoms with E-state index in [0.717, 1.165) is 5.69 Å². The van der Waals surface area contributed by atoms with E-state index < -0.39 is 0 Å². The summed E-state index contributed by atoms with van der Waals surface area (Å²) in [5.41, 5.74) is 1.74. The minimum absolute atomic E-state index is 0.0770. The van der Waals surface area contributed by atoms with Crippen LogP contribution in [0.5, 0.6) is 5.75 Å². The molecule has 1 aromatic heterocycles. The highest BCUT2D eigenvalue weighted by molar-refractivity contribution is 5.95. The molecule has 0 N–H and O–H groups in total. The van der Waals surface area contributed by atoms with Crippen LogP contribution in [0.1, 0.15) is 16.1 Å². The number of carbonyl (C=O) groups excluding carboxylic acids is 1. The molecule has 0 aliphatic heterocycles. The fraction of sp³-hybridized carbons (Fsp3) is 0.200. The first-order valence-corrected chi connectivity index (χ1v) is 5.83. The second-order valence-corrected chi connectivity index (χ2v) is 4.13. The average Bonchev–Trinajstić information content (AvgIpc) is 2.41. The quantitative estimate of drug-likeness (QED) is 0.607. The molecule has 2 aromatic rings. The van der Waals surface area contributed by atoms with Crippen LogP contribution in [-0.2, 0) is 6.54 Å². The average molecular weight is 242 g/mol. The largest absolute Gasteiger partial charge is 0.497 e. The Kier molecular flexibility index (Phi) is 3.72. The highest BCUT2D eigenvalue weighted by Crippen LogP contribution is 2.13. The number of hydrogen-bond acceptors (Lipinski definition) is 2. The summed E-state index contributed by atoms with van der Waals surface area (Å²) < 4.78 is 7.05. The summed E-state index contributed by atoms with van der Waals surface area (Å²) in [6.45, 7) is 2.33. The first-order valence-electron chi connectivity index (χ1n) is 5.83. The molecule has 0 aliphatic carbocycles. The van der Waals surface area contributed by atoms with E-state index in [1.54, 1.807) is 13.2 Å². The van der Waals surface area contributed by atoms with Crippen molar-refractivity contribution in [3.05, 3.63) is 59.9 Å². The van der Waals surface area contributed by atoms with Crippen LogP contribution in [0.15, 0.2) is 48.7 Å². The Labute approximate surface area is 107 Å². The van der Waals surface area contributed by atoms with Crippen LogP contribution in [0, 0.1) is 6.92 Å². The normalized spacial score (nSPS) is 10.1. The van der Waals surface area contributed by atoms with Crippen molar-refractivity contribution in [2.24, 2.45) is 0 Å². The Morgan fingerprint density at radius 2 is 2.06 bits per heavy atom. The lowest BCUT2D eigenvalue weighted by Gasteiger charge is -2.03. The molecule has 0 saturated heterocycles. The van der Waals surface area contributed by atoms with Gasteiger partial charge in [0, 0.05) is 24.6 Å². The van der Waals surface area contributed by atoms with E-state index in [0.29, 0.717) is 17.9 Å². The van der Waals surface area contributed by atoms with Gasteiger partial charge < -0.3 is 4.74 Å². The van der Waals surface area contributed by atoms with E-state index >= 15 is 0 Å². The van der Waals surface area contributed by atoms with Crippen molar-refractivity contribution >= 4 is 5.78 Å². The lowest BCUT2D eigenvalue weighted by Crippen LogP contribution is -2.40. The Morgan fingerprint density at radius 3 is 2.78 bits per heavy atom. The number of methoxy groups -OCH3 is 1. The summed E-state index contributed by atoms with van der Waals surface area (Å²) in [4.78, 5) is 12.2. The SMILES string of the molecule is COc1cccc(C(=O)C[n+]2ccccc2C)c1. The predicted octanol–water partition coefficient (Wildman–Crippen LogP) is 2.17. The van der Waals surface area contributed by atoms with Crippen LogP contribution in [0.2, 0.25) is 0 Å². The van der Waals surface area contributed by atoms with E-state index in [-0.39, 0.29) is 5.78 Å². The Balaban J connectivity index is 2.19. The van der Waals surface area contributed by atoms with Crippen molar-refractivity contribution < 1.29 is 14.1 Å². The van der Waals surface area contributed by atoms with Crippen molar-refractivity contribution in [1.29, 1.82) is 0 Å². The zero-order valence-corrected chi connectivity index (χ0v) is 10.6. The van der Waals surface area contributed by atoms with Crippen LogP contribution in [0.3, 0.4) is 0 Å². The monoisotopic (exact) mass is 242 g/mol. The molecule has 0 atom stereocenters. The molecule has 18 heavy (non-hydrogen) atoms. The number of ketones is 1. The second kappa shape index (κ2) is 5.45. The lowest BCUT2D eigenvalue weighted by atomic mass is 10.1. The van der Waals surface area contributed by atoms with Gasteiger partial charge in [0.25, 0.3) is 0 Å². The standard InChI is InChI=1S/C15H16NO2/c1-12-6-3-4-9-16(12)11-15(17)13-7-5-8-14(10-13)18-2/h3-10H,11H2,1-2H3/q+1. The number of pyridine rings is 1. The van der Waals surface area contributed by atoms with Crippen molar-refractivity contribution in [2.75, 3.05) is 7.11 Å². The van der Waals surface area contributed by atoms with Crippen molar-refractivity contribution in [2.45, 2.75) is 13.5 Å². The minimum Gasteiger partial charge on any atom is -0.497 e. The molecular weight excluding hydrogens is 226 g/mol. The maximum atomic E-state index is 12.2. The summed E-state index contributed by atoms with van der Waals surface area (Å²) in [6, 6.07) is 13.1. The Bertz CT molecular complexity index is 564. The van der Waals surface area contributed by atoms with Gasteiger partial charge in [-0.2, -0.15) is 4.57 Å². The fourth-order valence-electron chi connectivity index (χ4n) is 1.78. The van der Waals surface area contributed by atoms with Crippen molar-refractivity contribution in [3.63, 3.8) is 0 Å². The zero-order valence-electron chi connectivity index (χ0n) is 10.6. The van der Waals surface area contributed by atoms with Gasteiger partial charge in [-0.25, -0.2) is 0 Å². The van der Waals surface area contributed by atoms with E-state index in [9.17, 15) is 4.79 Å².